The van der Waals surface area contributed by atoms with E-state index in [9.17, 15) is 9.59 Å². The van der Waals surface area contributed by atoms with Crippen LogP contribution in [0.3, 0.4) is 0 Å². The minimum absolute atomic E-state index is 0.276. The summed E-state index contributed by atoms with van der Waals surface area (Å²) in [6.07, 6.45) is 4.34. The predicted octanol–water partition coefficient (Wildman–Crippen LogP) is 3.98. The van der Waals surface area contributed by atoms with Gasteiger partial charge in [-0.1, -0.05) is 26.2 Å². The topological polar surface area (TPSA) is 77.5 Å². The van der Waals surface area contributed by atoms with Crippen molar-refractivity contribution in [2.24, 2.45) is 0 Å². The van der Waals surface area contributed by atoms with Crippen molar-refractivity contribution in [2.75, 3.05) is 20.3 Å². The van der Waals surface area contributed by atoms with Crippen molar-refractivity contribution in [3.05, 3.63) is 34.8 Å². The summed E-state index contributed by atoms with van der Waals surface area (Å²) in [7, 11) is 1.61. The zero-order chi connectivity index (χ0) is 19.6. The van der Waals surface area contributed by atoms with E-state index >= 15 is 0 Å². The molecule has 1 N–H and O–H groups in total. The van der Waals surface area contributed by atoms with E-state index in [-0.39, 0.29) is 12.5 Å². The van der Waals surface area contributed by atoms with Crippen LogP contribution in [0, 0.1) is 6.92 Å². The van der Waals surface area contributed by atoms with E-state index in [4.69, 9.17) is 9.47 Å². The fourth-order valence-corrected chi connectivity index (χ4v) is 3.44. The number of esters is 1. The molecule has 0 radical (unpaired) electrons. The summed E-state index contributed by atoms with van der Waals surface area (Å²) in [5.41, 5.74) is 1.49. The van der Waals surface area contributed by atoms with E-state index in [2.05, 4.69) is 17.2 Å². The first-order valence-electron chi connectivity index (χ1n) is 9.10. The van der Waals surface area contributed by atoms with Gasteiger partial charge in [-0.15, -0.1) is 11.3 Å². The van der Waals surface area contributed by atoms with Crippen LogP contribution >= 0.6 is 11.3 Å². The van der Waals surface area contributed by atoms with Gasteiger partial charge in [0.1, 0.15) is 15.6 Å². The number of hydrogen-bond acceptors (Lipinski definition) is 6. The van der Waals surface area contributed by atoms with Crippen LogP contribution in [-0.4, -0.2) is 37.1 Å². The average Bonchev–Trinajstić information content (AvgIpc) is 3.07. The van der Waals surface area contributed by atoms with Gasteiger partial charge in [0.15, 0.2) is 6.61 Å². The minimum Gasteiger partial charge on any atom is -0.497 e. The summed E-state index contributed by atoms with van der Waals surface area (Å²) in [6.45, 7) is 4.23. The Morgan fingerprint density at radius 3 is 2.56 bits per heavy atom. The van der Waals surface area contributed by atoms with E-state index < -0.39 is 5.97 Å². The molecule has 1 aromatic heterocycles. The summed E-state index contributed by atoms with van der Waals surface area (Å²) in [6, 6.07) is 7.46. The molecule has 0 saturated carbocycles. The minimum atomic E-state index is -0.522. The quantitative estimate of drug-likeness (QED) is 0.490. The average molecular weight is 391 g/mol. The summed E-state index contributed by atoms with van der Waals surface area (Å²) in [4.78, 5) is 28.9. The number of carbonyl (C=O) groups is 2. The van der Waals surface area contributed by atoms with Crippen molar-refractivity contribution in [3.63, 3.8) is 0 Å². The number of hydrogen-bond donors (Lipinski definition) is 1. The Kier molecular flexibility index (Phi) is 8.26. The smallest absolute Gasteiger partial charge is 0.350 e. The van der Waals surface area contributed by atoms with E-state index in [0.29, 0.717) is 17.1 Å². The van der Waals surface area contributed by atoms with Crippen molar-refractivity contribution in [1.82, 2.24) is 10.3 Å². The number of methoxy groups -OCH3 is 1. The number of aryl methyl sites for hydroxylation is 1. The third kappa shape index (κ3) is 6.36. The molecule has 1 heterocycles. The second-order valence-corrected chi connectivity index (χ2v) is 7.15. The first-order valence-corrected chi connectivity index (χ1v) is 9.92. The SMILES string of the molecule is CCCCCCNC(=O)COC(=O)c1sc(-c2ccc(OC)cc2)nc1C. The molecule has 0 bridgehead atoms. The zero-order valence-corrected chi connectivity index (χ0v) is 16.9. The van der Waals surface area contributed by atoms with Gasteiger partial charge >= 0.3 is 5.97 Å². The Morgan fingerprint density at radius 2 is 1.89 bits per heavy atom. The van der Waals surface area contributed by atoms with Crippen molar-refractivity contribution < 1.29 is 19.1 Å². The molecule has 2 aromatic rings. The van der Waals surface area contributed by atoms with Crippen LogP contribution in [-0.2, 0) is 9.53 Å². The lowest BCUT2D eigenvalue weighted by Gasteiger charge is -2.05. The molecule has 0 fully saturated rings. The number of nitrogens with one attached hydrogen (secondary N) is 1. The number of amides is 1. The second-order valence-electron chi connectivity index (χ2n) is 6.15. The van der Waals surface area contributed by atoms with Crippen LogP contribution in [0.4, 0.5) is 0 Å². The molecule has 1 aromatic carbocycles. The molecule has 2 rings (SSSR count). The van der Waals surface area contributed by atoms with E-state index in [1.165, 1.54) is 11.3 Å². The molecule has 1 amide bonds. The van der Waals surface area contributed by atoms with Crippen LogP contribution in [0.5, 0.6) is 5.75 Å². The largest absolute Gasteiger partial charge is 0.497 e. The second kappa shape index (κ2) is 10.7. The van der Waals surface area contributed by atoms with Crippen LogP contribution in [0.2, 0.25) is 0 Å². The van der Waals surface area contributed by atoms with Crippen molar-refractivity contribution in [3.8, 4) is 16.3 Å². The Bertz CT molecular complexity index is 756. The highest BCUT2D eigenvalue weighted by Gasteiger charge is 2.18. The number of benzene rings is 1. The van der Waals surface area contributed by atoms with Gasteiger partial charge in [-0.2, -0.15) is 0 Å². The Morgan fingerprint density at radius 1 is 1.15 bits per heavy atom. The molecule has 6 nitrogen and oxygen atoms in total. The number of nitrogens with zero attached hydrogens (tertiary/aromatic N) is 1. The fourth-order valence-electron chi connectivity index (χ4n) is 2.47. The van der Waals surface area contributed by atoms with Gasteiger partial charge in [-0.05, 0) is 37.6 Å². The molecule has 27 heavy (non-hydrogen) atoms. The molecule has 0 spiro atoms. The lowest BCUT2D eigenvalue weighted by Crippen LogP contribution is -2.29. The van der Waals surface area contributed by atoms with Crippen LogP contribution < -0.4 is 10.1 Å². The summed E-state index contributed by atoms with van der Waals surface area (Å²) >= 11 is 1.25. The van der Waals surface area contributed by atoms with Gasteiger partial charge in [-0.25, -0.2) is 9.78 Å². The van der Waals surface area contributed by atoms with Gasteiger partial charge in [0.2, 0.25) is 0 Å². The van der Waals surface area contributed by atoms with E-state index in [1.54, 1.807) is 14.0 Å². The van der Waals surface area contributed by atoms with Crippen molar-refractivity contribution >= 4 is 23.2 Å². The number of thiazole rings is 1. The molecular formula is C20H26N2O4S. The number of unbranched alkanes of at least 4 members (excludes halogenated alkanes) is 3. The Hall–Kier alpha value is -2.41. The molecule has 0 saturated heterocycles. The number of aromatic nitrogens is 1. The molecule has 0 atom stereocenters. The highest BCUT2D eigenvalue weighted by Crippen LogP contribution is 2.29. The zero-order valence-electron chi connectivity index (χ0n) is 16.0. The van der Waals surface area contributed by atoms with E-state index in [1.807, 2.05) is 24.3 Å². The van der Waals surface area contributed by atoms with Crippen molar-refractivity contribution in [1.29, 1.82) is 0 Å². The molecule has 7 heteroatoms. The van der Waals surface area contributed by atoms with Crippen LogP contribution in [0.1, 0.15) is 48.0 Å². The summed E-state index contributed by atoms with van der Waals surface area (Å²) in [5.74, 6) is -0.0457. The van der Waals surface area contributed by atoms with Gasteiger partial charge in [-0.3, -0.25) is 4.79 Å². The molecule has 0 aliphatic rings. The molecule has 146 valence electrons. The summed E-state index contributed by atoms with van der Waals surface area (Å²) < 4.78 is 10.3. The monoisotopic (exact) mass is 390 g/mol. The van der Waals surface area contributed by atoms with Gasteiger partial charge in [0.25, 0.3) is 5.91 Å². The van der Waals surface area contributed by atoms with Gasteiger partial charge in [0.05, 0.1) is 12.8 Å². The maximum Gasteiger partial charge on any atom is 0.350 e. The van der Waals surface area contributed by atoms with E-state index in [0.717, 1.165) is 42.0 Å². The van der Waals surface area contributed by atoms with Crippen LogP contribution in [0.25, 0.3) is 10.6 Å². The van der Waals surface area contributed by atoms with Crippen LogP contribution in [0.15, 0.2) is 24.3 Å². The number of ether oxygens (including phenoxy) is 2. The third-order valence-corrected chi connectivity index (χ3v) is 5.19. The molecule has 0 unspecified atom stereocenters. The lowest BCUT2D eigenvalue weighted by atomic mass is 10.2. The lowest BCUT2D eigenvalue weighted by molar-refractivity contribution is -0.124. The van der Waals surface area contributed by atoms with Crippen molar-refractivity contribution in [2.45, 2.75) is 39.5 Å². The predicted molar refractivity (Wildman–Crippen MR) is 106 cm³/mol. The Balaban J connectivity index is 1.87. The normalized spacial score (nSPS) is 10.5. The maximum atomic E-state index is 12.3. The van der Waals surface area contributed by atoms with Gasteiger partial charge < -0.3 is 14.8 Å². The fraction of sp³-hybridized carbons (Fsp3) is 0.450. The first kappa shape index (κ1) is 20.9. The number of carbonyl (C=O) groups excluding carboxylic acids is 2. The number of rotatable bonds is 10. The highest BCUT2D eigenvalue weighted by atomic mass is 32.1. The molecule has 0 aliphatic heterocycles. The summed E-state index contributed by atoms with van der Waals surface area (Å²) in [5, 5.41) is 3.49. The Labute approximate surface area is 163 Å². The highest BCUT2D eigenvalue weighted by molar-refractivity contribution is 7.17. The first-order chi connectivity index (χ1) is 13.0. The standard InChI is InChI=1S/C20H26N2O4S/c1-4-5-6-7-12-21-17(23)13-26-20(24)18-14(2)22-19(27-18)15-8-10-16(25-3)11-9-15/h8-11H,4-7,12-13H2,1-3H3,(H,21,23). The third-order valence-electron chi connectivity index (χ3n) is 4.01. The van der Waals surface area contributed by atoms with Gasteiger partial charge in [0, 0.05) is 12.1 Å². The maximum absolute atomic E-state index is 12.3. The molecule has 0 aliphatic carbocycles. The molecular weight excluding hydrogens is 364 g/mol.